The van der Waals surface area contributed by atoms with Crippen molar-refractivity contribution in [2.24, 2.45) is 0 Å². The van der Waals surface area contributed by atoms with Gasteiger partial charge in [0.15, 0.2) is 11.3 Å². The Hall–Kier alpha value is -3.25. The molecule has 0 radical (unpaired) electrons. The Kier molecular flexibility index (Phi) is 5.16. The maximum absolute atomic E-state index is 13.5. The van der Waals surface area contributed by atoms with Gasteiger partial charge in [-0.15, -0.1) is 0 Å². The Balaban J connectivity index is 1.81. The van der Waals surface area contributed by atoms with E-state index in [1.807, 2.05) is 53.1 Å². The van der Waals surface area contributed by atoms with E-state index in [4.69, 9.17) is 21.6 Å². The molecule has 0 bridgehead atoms. The summed E-state index contributed by atoms with van der Waals surface area (Å²) in [5, 5.41) is 1.09. The van der Waals surface area contributed by atoms with Crippen molar-refractivity contribution >= 4 is 44.8 Å². The number of fused-ring (bicyclic) bond motifs is 4. The zero-order valence-electron chi connectivity index (χ0n) is 17.3. The minimum absolute atomic E-state index is 0.0862. The van der Waals surface area contributed by atoms with Crippen LogP contribution in [0, 0.1) is 0 Å². The highest BCUT2D eigenvalue weighted by Crippen LogP contribution is 2.29. The second-order valence-corrected chi connectivity index (χ2v) is 8.14. The molecular weight excluding hydrogens is 410 g/mol. The van der Waals surface area contributed by atoms with Crippen molar-refractivity contribution in [1.29, 1.82) is 0 Å². The van der Waals surface area contributed by atoms with Gasteiger partial charge >= 0.3 is 0 Å². The first kappa shape index (κ1) is 19.7. The molecule has 0 N–H and O–H groups in total. The van der Waals surface area contributed by atoms with E-state index in [1.165, 1.54) is 0 Å². The normalized spacial score (nSPS) is 11.7. The number of halogens is 1. The van der Waals surface area contributed by atoms with Gasteiger partial charge in [0.2, 0.25) is 0 Å². The molecule has 0 atom stereocenters. The molecular formula is C24H22ClN5O. The van der Waals surface area contributed by atoms with Crippen LogP contribution in [-0.4, -0.2) is 24.1 Å². The molecule has 3 aromatic heterocycles. The fraction of sp³-hybridized carbons (Fsp3) is 0.250. The van der Waals surface area contributed by atoms with E-state index in [2.05, 4.69) is 11.9 Å². The Labute approximate surface area is 184 Å². The Morgan fingerprint density at radius 3 is 2.52 bits per heavy atom. The summed E-state index contributed by atoms with van der Waals surface area (Å²) in [4.78, 5) is 27.8. The second-order valence-electron chi connectivity index (χ2n) is 7.70. The van der Waals surface area contributed by atoms with Crippen LogP contribution in [0.25, 0.3) is 38.9 Å². The molecule has 5 aromatic rings. The van der Waals surface area contributed by atoms with Crippen LogP contribution in [0.2, 0.25) is 5.02 Å². The highest BCUT2D eigenvalue weighted by Gasteiger charge is 2.20. The highest BCUT2D eigenvalue weighted by molar-refractivity contribution is 6.30. The molecule has 0 unspecified atom stereocenters. The van der Waals surface area contributed by atoms with Crippen LogP contribution in [0.3, 0.4) is 0 Å². The van der Waals surface area contributed by atoms with Crippen molar-refractivity contribution in [1.82, 2.24) is 24.1 Å². The summed E-state index contributed by atoms with van der Waals surface area (Å²) in [6, 6.07) is 15.1. The molecule has 0 spiro atoms. The van der Waals surface area contributed by atoms with Crippen LogP contribution in [0.1, 0.15) is 32.6 Å². The van der Waals surface area contributed by atoms with Gasteiger partial charge in [-0.25, -0.2) is 15.0 Å². The molecule has 6 nitrogen and oxygen atoms in total. The third-order valence-corrected chi connectivity index (χ3v) is 5.78. The van der Waals surface area contributed by atoms with Crippen LogP contribution >= 0.6 is 11.6 Å². The first-order valence-electron chi connectivity index (χ1n) is 10.6. The molecule has 0 fully saturated rings. The minimum atomic E-state index is -0.0862. The van der Waals surface area contributed by atoms with Crippen molar-refractivity contribution in [3.63, 3.8) is 0 Å². The highest BCUT2D eigenvalue weighted by atomic mass is 35.5. The Morgan fingerprint density at radius 1 is 0.935 bits per heavy atom. The maximum Gasteiger partial charge on any atom is 0.265 e. The number of rotatable bonds is 6. The molecule has 0 saturated heterocycles. The van der Waals surface area contributed by atoms with Crippen LogP contribution in [0.15, 0.2) is 59.7 Å². The second kappa shape index (κ2) is 8.12. The summed E-state index contributed by atoms with van der Waals surface area (Å²) < 4.78 is 3.56. The maximum atomic E-state index is 13.5. The van der Waals surface area contributed by atoms with E-state index in [1.54, 1.807) is 10.9 Å². The number of benzene rings is 2. The topological polar surface area (TPSA) is 65.6 Å². The summed E-state index contributed by atoms with van der Waals surface area (Å²) in [6.45, 7) is 2.82. The number of aromatic nitrogens is 5. The summed E-state index contributed by atoms with van der Waals surface area (Å²) in [6.07, 6.45) is 5.99. The zero-order valence-corrected chi connectivity index (χ0v) is 18.0. The Bertz CT molecular complexity index is 1470. The fourth-order valence-electron chi connectivity index (χ4n) is 4.00. The molecule has 5 rings (SSSR count). The molecule has 7 heteroatoms. The molecule has 0 aliphatic carbocycles. The van der Waals surface area contributed by atoms with Gasteiger partial charge in [0, 0.05) is 11.6 Å². The molecule has 31 heavy (non-hydrogen) atoms. The van der Waals surface area contributed by atoms with Crippen LogP contribution in [0.4, 0.5) is 0 Å². The fourth-order valence-corrected chi connectivity index (χ4v) is 4.18. The van der Waals surface area contributed by atoms with E-state index in [0.29, 0.717) is 33.8 Å². The van der Waals surface area contributed by atoms with Gasteiger partial charge in [-0.05, 0) is 36.8 Å². The number of hydrogen-bond donors (Lipinski definition) is 0. The van der Waals surface area contributed by atoms with E-state index in [-0.39, 0.29) is 5.56 Å². The average molecular weight is 432 g/mol. The first-order valence-corrected chi connectivity index (χ1v) is 11.0. The van der Waals surface area contributed by atoms with Crippen molar-refractivity contribution in [3.05, 3.63) is 70.2 Å². The number of aryl methyl sites for hydroxylation is 1. The molecule has 0 aliphatic heterocycles. The third kappa shape index (κ3) is 3.47. The Morgan fingerprint density at radius 2 is 1.74 bits per heavy atom. The molecule has 0 amide bonds. The lowest BCUT2D eigenvalue weighted by atomic mass is 10.2. The predicted molar refractivity (Wildman–Crippen MR) is 125 cm³/mol. The van der Waals surface area contributed by atoms with Crippen LogP contribution < -0.4 is 5.56 Å². The lowest BCUT2D eigenvalue weighted by Gasteiger charge is -2.08. The van der Waals surface area contributed by atoms with E-state index in [0.717, 1.165) is 42.4 Å². The molecule has 156 valence electrons. The summed E-state index contributed by atoms with van der Waals surface area (Å²) in [5.74, 6) is 0. The van der Waals surface area contributed by atoms with Crippen molar-refractivity contribution in [2.75, 3.05) is 0 Å². The minimum Gasteiger partial charge on any atom is -0.299 e. The van der Waals surface area contributed by atoms with Crippen LogP contribution in [-0.2, 0) is 6.54 Å². The van der Waals surface area contributed by atoms with Gasteiger partial charge < -0.3 is 0 Å². The summed E-state index contributed by atoms with van der Waals surface area (Å²) >= 11 is 6.26. The lowest BCUT2D eigenvalue weighted by Crippen LogP contribution is -2.20. The monoisotopic (exact) mass is 431 g/mol. The summed E-state index contributed by atoms with van der Waals surface area (Å²) in [5.41, 5.74) is 3.93. The SMILES string of the molecule is CCCCCCn1cnc2c(c1=O)c1nc3ccccc3nc1n2-c1cccc(Cl)c1. The number of nitrogens with zero attached hydrogens (tertiary/aromatic N) is 5. The van der Waals surface area contributed by atoms with Gasteiger partial charge in [-0.3, -0.25) is 13.9 Å². The van der Waals surface area contributed by atoms with Crippen LogP contribution in [0.5, 0.6) is 0 Å². The third-order valence-electron chi connectivity index (χ3n) is 5.55. The van der Waals surface area contributed by atoms with E-state index < -0.39 is 0 Å². The smallest absolute Gasteiger partial charge is 0.265 e. The molecule has 3 heterocycles. The van der Waals surface area contributed by atoms with E-state index in [9.17, 15) is 4.79 Å². The zero-order chi connectivity index (χ0) is 21.4. The van der Waals surface area contributed by atoms with Crippen molar-refractivity contribution in [2.45, 2.75) is 39.2 Å². The summed E-state index contributed by atoms with van der Waals surface area (Å²) in [7, 11) is 0. The number of hydrogen-bond acceptors (Lipinski definition) is 4. The van der Waals surface area contributed by atoms with Gasteiger partial charge in [-0.2, -0.15) is 0 Å². The standard InChI is InChI=1S/C24H22ClN5O/c1-2-3-4-7-13-29-15-26-22-20(24(29)31)21-23(28-19-12-6-5-11-18(19)27-21)30(22)17-10-8-9-16(25)14-17/h5-6,8-12,14-15H,2-4,7,13H2,1H3. The number of unbranched alkanes of at least 4 members (excludes halogenated alkanes) is 3. The lowest BCUT2D eigenvalue weighted by molar-refractivity contribution is 0.567. The van der Waals surface area contributed by atoms with Gasteiger partial charge in [0.05, 0.1) is 23.0 Å². The predicted octanol–water partition coefficient (Wildman–Crippen LogP) is 5.52. The average Bonchev–Trinajstić information content (AvgIpc) is 3.10. The quantitative estimate of drug-likeness (QED) is 0.332. The van der Waals surface area contributed by atoms with Gasteiger partial charge in [0.1, 0.15) is 10.9 Å². The van der Waals surface area contributed by atoms with Crippen molar-refractivity contribution < 1.29 is 0 Å². The van der Waals surface area contributed by atoms with Gasteiger partial charge in [0.25, 0.3) is 5.56 Å². The van der Waals surface area contributed by atoms with E-state index >= 15 is 0 Å². The molecule has 2 aromatic carbocycles. The first-order chi connectivity index (χ1) is 15.2. The molecule has 0 aliphatic rings. The molecule has 0 saturated carbocycles. The number of para-hydroxylation sites is 2. The van der Waals surface area contributed by atoms with Crippen molar-refractivity contribution in [3.8, 4) is 5.69 Å². The van der Waals surface area contributed by atoms with Gasteiger partial charge in [-0.1, -0.05) is 56.0 Å². The largest absolute Gasteiger partial charge is 0.299 e.